The van der Waals surface area contributed by atoms with Crippen molar-refractivity contribution in [1.29, 1.82) is 0 Å². The molecule has 0 aliphatic rings. The fourth-order valence-corrected chi connectivity index (χ4v) is 10.1. The molecule has 0 aromatic carbocycles. The van der Waals surface area contributed by atoms with E-state index >= 15 is 0 Å². The van der Waals surface area contributed by atoms with Gasteiger partial charge in [0.05, 0.1) is 25.4 Å². The molecule has 0 bridgehead atoms. The molecule has 0 aliphatic heterocycles. The Hall–Kier alpha value is -1.92. The van der Waals surface area contributed by atoms with E-state index in [-0.39, 0.29) is 18.5 Å². The summed E-state index contributed by atoms with van der Waals surface area (Å²) in [7, 11) is 0. The van der Waals surface area contributed by atoms with Gasteiger partial charge in [0.15, 0.2) is 0 Å². The van der Waals surface area contributed by atoms with Crippen molar-refractivity contribution in [1.82, 2.24) is 5.32 Å². The van der Waals surface area contributed by atoms with Gasteiger partial charge < -0.3 is 20.3 Å². The van der Waals surface area contributed by atoms with Gasteiger partial charge in [-0.25, -0.2) is 0 Å². The maximum atomic E-state index is 12.5. The molecule has 6 heteroatoms. The topological polar surface area (TPSA) is 95.9 Å². The van der Waals surface area contributed by atoms with Gasteiger partial charge in [0, 0.05) is 12.8 Å². The molecule has 0 aromatic heterocycles. The lowest BCUT2D eigenvalue weighted by Gasteiger charge is -2.22. The highest BCUT2D eigenvalue weighted by Gasteiger charge is 2.20. The number of rotatable bonds is 61. The zero-order valence-corrected chi connectivity index (χ0v) is 49.1. The lowest BCUT2D eigenvalue weighted by atomic mass is 10.0. The Balaban J connectivity index is 3.40. The van der Waals surface area contributed by atoms with E-state index in [2.05, 4.69) is 55.6 Å². The molecular formula is C67H127NO5. The summed E-state index contributed by atoms with van der Waals surface area (Å²) in [5.41, 5.74) is 0. The highest BCUT2D eigenvalue weighted by Crippen LogP contribution is 2.18. The van der Waals surface area contributed by atoms with E-state index in [0.29, 0.717) is 25.9 Å². The zero-order valence-electron chi connectivity index (χ0n) is 49.1. The highest BCUT2D eigenvalue weighted by molar-refractivity contribution is 5.76. The van der Waals surface area contributed by atoms with Gasteiger partial charge in [-0.2, -0.15) is 0 Å². The minimum atomic E-state index is -0.667. The molecule has 2 unspecified atom stereocenters. The van der Waals surface area contributed by atoms with Crippen LogP contribution in [0.3, 0.4) is 0 Å². The molecule has 0 aliphatic carbocycles. The van der Waals surface area contributed by atoms with Crippen molar-refractivity contribution in [3.8, 4) is 0 Å². The average Bonchev–Trinajstić information content (AvgIpc) is 3.39. The number of nitrogens with one attached hydrogen (secondary N) is 1. The Morgan fingerprint density at radius 2 is 0.712 bits per heavy atom. The summed E-state index contributed by atoms with van der Waals surface area (Å²) in [6.07, 6.45) is 78.8. The van der Waals surface area contributed by atoms with Crippen LogP contribution in [0.4, 0.5) is 0 Å². The van der Waals surface area contributed by atoms with Crippen molar-refractivity contribution in [3.63, 3.8) is 0 Å². The van der Waals surface area contributed by atoms with Crippen molar-refractivity contribution < 1.29 is 24.5 Å². The summed E-state index contributed by atoms with van der Waals surface area (Å²) in [5, 5.41) is 23.4. The number of carbonyl (C=O) groups is 2. The molecule has 0 aromatic rings. The molecule has 430 valence electrons. The summed E-state index contributed by atoms with van der Waals surface area (Å²) in [6, 6.07) is -0.544. The van der Waals surface area contributed by atoms with E-state index in [0.717, 1.165) is 51.4 Å². The molecule has 0 saturated carbocycles. The number of carbonyl (C=O) groups excluding carboxylic acids is 2. The number of hydrogen-bond donors (Lipinski definition) is 3. The van der Waals surface area contributed by atoms with E-state index in [1.807, 2.05) is 0 Å². The molecule has 3 N–H and O–H groups in total. The van der Waals surface area contributed by atoms with Crippen LogP contribution in [-0.4, -0.2) is 47.4 Å². The van der Waals surface area contributed by atoms with Gasteiger partial charge in [-0.1, -0.05) is 301 Å². The molecule has 2 atom stereocenters. The quantitative estimate of drug-likeness (QED) is 0.0320. The zero-order chi connectivity index (χ0) is 52.9. The molecule has 0 heterocycles. The van der Waals surface area contributed by atoms with Crippen LogP contribution in [0.5, 0.6) is 0 Å². The van der Waals surface area contributed by atoms with Crippen molar-refractivity contribution in [2.24, 2.45) is 0 Å². The number of aliphatic hydroxyl groups excluding tert-OH is 2. The Labute approximate surface area is 455 Å². The third-order valence-electron chi connectivity index (χ3n) is 15.1. The minimum absolute atomic E-state index is 0.00171. The molecular weight excluding hydrogens is 899 g/mol. The van der Waals surface area contributed by atoms with Crippen LogP contribution in [0.1, 0.15) is 354 Å². The molecule has 73 heavy (non-hydrogen) atoms. The van der Waals surface area contributed by atoms with E-state index in [9.17, 15) is 19.8 Å². The van der Waals surface area contributed by atoms with E-state index in [4.69, 9.17) is 4.74 Å². The number of esters is 1. The van der Waals surface area contributed by atoms with Crippen LogP contribution in [0.15, 0.2) is 36.5 Å². The van der Waals surface area contributed by atoms with Gasteiger partial charge in [0.2, 0.25) is 5.91 Å². The largest absolute Gasteiger partial charge is 0.466 e. The molecule has 6 nitrogen and oxygen atoms in total. The maximum Gasteiger partial charge on any atom is 0.305 e. The predicted octanol–water partition coefficient (Wildman–Crippen LogP) is 20.8. The average molecular weight is 1030 g/mol. The molecule has 0 fully saturated rings. The second kappa shape index (κ2) is 62.6. The van der Waals surface area contributed by atoms with Crippen molar-refractivity contribution in [2.75, 3.05) is 13.2 Å². The third-order valence-corrected chi connectivity index (χ3v) is 15.1. The number of amides is 1. The first kappa shape index (κ1) is 71.1. The van der Waals surface area contributed by atoms with Crippen LogP contribution >= 0.6 is 0 Å². The Bertz CT molecular complexity index is 1180. The summed E-state index contributed by atoms with van der Waals surface area (Å²) >= 11 is 0. The summed E-state index contributed by atoms with van der Waals surface area (Å²) in [6.45, 7) is 4.90. The van der Waals surface area contributed by atoms with Gasteiger partial charge in [-0.3, -0.25) is 9.59 Å². The lowest BCUT2D eigenvalue weighted by Crippen LogP contribution is -2.45. The first-order chi connectivity index (χ1) is 36.0. The number of ether oxygens (including phenoxy) is 1. The Kier molecular flexibility index (Phi) is 61.0. The monoisotopic (exact) mass is 1030 g/mol. The van der Waals surface area contributed by atoms with Crippen molar-refractivity contribution in [2.45, 2.75) is 366 Å². The Morgan fingerprint density at radius 3 is 1.11 bits per heavy atom. The van der Waals surface area contributed by atoms with Crippen LogP contribution in [0.2, 0.25) is 0 Å². The second-order valence-electron chi connectivity index (χ2n) is 22.4. The molecule has 1 amide bonds. The van der Waals surface area contributed by atoms with E-state index in [1.54, 1.807) is 0 Å². The van der Waals surface area contributed by atoms with E-state index in [1.165, 1.54) is 270 Å². The van der Waals surface area contributed by atoms with Gasteiger partial charge in [0.1, 0.15) is 0 Å². The second-order valence-corrected chi connectivity index (χ2v) is 22.4. The summed E-state index contributed by atoms with van der Waals surface area (Å²) in [4.78, 5) is 24.5. The smallest absolute Gasteiger partial charge is 0.305 e. The highest BCUT2D eigenvalue weighted by atomic mass is 16.5. The summed E-state index contributed by atoms with van der Waals surface area (Å²) < 4.78 is 5.47. The van der Waals surface area contributed by atoms with Crippen LogP contribution < -0.4 is 5.32 Å². The fourth-order valence-electron chi connectivity index (χ4n) is 10.1. The number of aliphatic hydroxyl groups is 2. The summed E-state index contributed by atoms with van der Waals surface area (Å²) in [5.74, 6) is -0.0372. The van der Waals surface area contributed by atoms with Crippen molar-refractivity contribution in [3.05, 3.63) is 36.5 Å². The number of hydrogen-bond acceptors (Lipinski definition) is 5. The van der Waals surface area contributed by atoms with Gasteiger partial charge in [-0.05, 0) is 77.0 Å². The third kappa shape index (κ3) is 59.2. The van der Waals surface area contributed by atoms with Crippen LogP contribution in [0, 0.1) is 0 Å². The minimum Gasteiger partial charge on any atom is -0.466 e. The molecule has 0 rings (SSSR count). The van der Waals surface area contributed by atoms with Crippen molar-refractivity contribution >= 4 is 11.9 Å². The first-order valence-electron chi connectivity index (χ1n) is 32.7. The van der Waals surface area contributed by atoms with Gasteiger partial charge >= 0.3 is 5.97 Å². The Morgan fingerprint density at radius 1 is 0.384 bits per heavy atom. The molecule has 0 saturated heterocycles. The predicted molar refractivity (Wildman–Crippen MR) is 319 cm³/mol. The van der Waals surface area contributed by atoms with Crippen LogP contribution in [-0.2, 0) is 14.3 Å². The van der Waals surface area contributed by atoms with E-state index < -0.39 is 12.1 Å². The lowest BCUT2D eigenvalue weighted by molar-refractivity contribution is -0.143. The number of allylic oxidation sites excluding steroid dienone is 6. The first-order valence-corrected chi connectivity index (χ1v) is 32.7. The molecule has 0 radical (unpaired) electrons. The number of unbranched alkanes of at least 4 members (excludes halogenated alkanes) is 44. The normalized spacial score (nSPS) is 12.8. The van der Waals surface area contributed by atoms with Gasteiger partial charge in [-0.15, -0.1) is 0 Å². The standard InChI is InChI=1S/C67H127NO5/c1-3-5-7-9-11-13-15-17-18-19-29-32-36-39-43-47-51-55-59-65(70)64(63-69)68-66(71)60-56-52-48-44-40-37-33-30-27-25-23-21-20-22-24-26-28-31-34-38-42-46-50-54-58-62-73-67(72)61-57-53-49-45-41-35-16-14-12-10-8-6-4-2/h8,10,14,16,21,23,64-65,69-70H,3-7,9,11-13,15,17-20,22,24-63H2,1-2H3,(H,68,71)/b10-8-,16-14-,23-21-. The SMILES string of the molecule is CCC/C=C\C/C=C\CCCCCCCC(=O)OCCCCCCCCCCCCCC/C=C\CCCCCCCCCCCC(=O)NC(CO)C(O)CCCCCCCCCCCCCCCCCCCC. The van der Waals surface area contributed by atoms with Gasteiger partial charge in [0.25, 0.3) is 0 Å². The van der Waals surface area contributed by atoms with Crippen LogP contribution in [0.25, 0.3) is 0 Å². The molecule has 0 spiro atoms. The fraction of sp³-hybridized carbons (Fsp3) is 0.881. The maximum absolute atomic E-state index is 12.5.